The Hall–Kier alpha value is -1.52. The van der Waals surface area contributed by atoms with Gasteiger partial charge in [-0.05, 0) is 24.6 Å². The molecule has 14 heavy (non-hydrogen) atoms. The highest BCUT2D eigenvalue weighted by Crippen LogP contribution is 2.18. The summed E-state index contributed by atoms with van der Waals surface area (Å²) < 4.78 is 35.5. The molecule has 0 aliphatic carbocycles. The van der Waals surface area contributed by atoms with Crippen molar-refractivity contribution in [3.05, 3.63) is 29.8 Å². The van der Waals surface area contributed by atoms with Crippen LogP contribution in [0.15, 0.2) is 24.3 Å². The largest absolute Gasteiger partial charge is 0.471 e. The number of halogens is 3. The maximum absolute atomic E-state index is 11.8. The summed E-state index contributed by atoms with van der Waals surface area (Å²) in [7, 11) is 0. The molecule has 1 rings (SSSR count). The van der Waals surface area contributed by atoms with Crippen LogP contribution in [0.4, 0.5) is 18.9 Å². The van der Waals surface area contributed by atoms with Crippen LogP contribution in [0.25, 0.3) is 0 Å². The minimum atomic E-state index is -4.84. The zero-order chi connectivity index (χ0) is 10.8. The molecule has 76 valence electrons. The van der Waals surface area contributed by atoms with Crippen molar-refractivity contribution >= 4 is 11.6 Å². The number of amides is 1. The molecule has 0 heterocycles. The summed E-state index contributed by atoms with van der Waals surface area (Å²) in [5.41, 5.74) is 0.928. The average Bonchev–Trinajstić information content (AvgIpc) is 2.02. The first-order chi connectivity index (χ1) is 6.39. The lowest BCUT2D eigenvalue weighted by Gasteiger charge is -2.07. The van der Waals surface area contributed by atoms with E-state index in [2.05, 4.69) is 0 Å². The third-order valence-electron chi connectivity index (χ3n) is 1.53. The molecule has 0 radical (unpaired) electrons. The molecule has 0 unspecified atom stereocenters. The van der Waals surface area contributed by atoms with Crippen molar-refractivity contribution in [2.24, 2.45) is 0 Å². The molecule has 0 aliphatic rings. The van der Waals surface area contributed by atoms with Crippen molar-refractivity contribution in [1.82, 2.24) is 0 Å². The number of benzene rings is 1. The van der Waals surface area contributed by atoms with E-state index in [0.717, 1.165) is 5.56 Å². The van der Waals surface area contributed by atoms with E-state index < -0.39 is 12.1 Å². The second kappa shape index (κ2) is 3.69. The highest BCUT2D eigenvalue weighted by Gasteiger charge is 2.38. The van der Waals surface area contributed by atoms with Crippen molar-refractivity contribution in [1.29, 1.82) is 0 Å². The van der Waals surface area contributed by atoms with Crippen LogP contribution in [0, 0.1) is 6.92 Å². The Bertz CT molecular complexity index is 346. The number of aryl methyl sites for hydroxylation is 1. The van der Waals surface area contributed by atoms with Gasteiger partial charge in [-0.3, -0.25) is 4.79 Å². The Morgan fingerprint density at radius 1 is 1.36 bits per heavy atom. The highest BCUT2D eigenvalue weighted by molar-refractivity contribution is 5.94. The molecule has 1 N–H and O–H groups in total. The summed E-state index contributed by atoms with van der Waals surface area (Å²) in [5.74, 6) is -1.96. The SMILES string of the molecule is Cc1cccc(NC(=O)C(F)(F)F)c1. The number of carbonyl (C=O) groups excluding carboxylic acids is 1. The summed E-state index contributed by atoms with van der Waals surface area (Å²) in [4.78, 5) is 10.5. The number of nitrogens with one attached hydrogen (secondary N) is 1. The number of rotatable bonds is 1. The Morgan fingerprint density at radius 2 is 2.00 bits per heavy atom. The topological polar surface area (TPSA) is 29.1 Å². The molecule has 1 amide bonds. The Morgan fingerprint density at radius 3 is 2.50 bits per heavy atom. The highest BCUT2D eigenvalue weighted by atomic mass is 19.4. The second-order valence-corrected chi connectivity index (χ2v) is 2.82. The fraction of sp³-hybridized carbons (Fsp3) is 0.222. The summed E-state index contributed by atoms with van der Waals surface area (Å²) in [5, 5.41) is 1.76. The van der Waals surface area contributed by atoms with Gasteiger partial charge in [-0.1, -0.05) is 12.1 Å². The maximum Gasteiger partial charge on any atom is 0.471 e. The zero-order valence-electron chi connectivity index (χ0n) is 7.35. The molecule has 0 atom stereocenters. The van der Waals surface area contributed by atoms with Crippen LogP contribution in [0.1, 0.15) is 5.56 Å². The van der Waals surface area contributed by atoms with Gasteiger partial charge in [-0.2, -0.15) is 13.2 Å². The second-order valence-electron chi connectivity index (χ2n) is 2.82. The van der Waals surface area contributed by atoms with E-state index in [0.29, 0.717) is 0 Å². The van der Waals surface area contributed by atoms with Gasteiger partial charge < -0.3 is 5.32 Å². The lowest BCUT2D eigenvalue weighted by Crippen LogP contribution is -2.29. The zero-order valence-corrected chi connectivity index (χ0v) is 7.35. The monoisotopic (exact) mass is 203 g/mol. The Kier molecular flexibility index (Phi) is 2.78. The molecular weight excluding hydrogens is 195 g/mol. The lowest BCUT2D eigenvalue weighted by molar-refractivity contribution is -0.167. The van der Waals surface area contributed by atoms with Crippen molar-refractivity contribution in [3.8, 4) is 0 Å². The standard InChI is InChI=1S/C9H8F3NO/c1-6-3-2-4-7(5-6)13-8(14)9(10,11)12/h2-5H,1H3,(H,13,14). The van der Waals surface area contributed by atoms with E-state index in [1.165, 1.54) is 12.1 Å². The van der Waals surface area contributed by atoms with E-state index in [1.54, 1.807) is 24.4 Å². The fourth-order valence-electron chi connectivity index (χ4n) is 0.925. The first-order valence-corrected chi connectivity index (χ1v) is 3.84. The van der Waals surface area contributed by atoms with E-state index in [-0.39, 0.29) is 5.69 Å². The smallest absolute Gasteiger partial charge is 0.318 e. The van der Waals surface area contributed by atoms with Crippen LogP contribution in [-0.4, -0.2) is 12.1 Å². The van der Waals surface area contributed by atoms with Crippen LogP contribution in [-0.2, 0) is 4.79 Å². The summed E-state index contributed by atoms with van der Waals surface area (Å²) in [6.07, 6.45) is -4.84. The number of hydrogen-bond acceptors (Lipinski definition) is 1. The third kappa shape index (κ3) is 2.76. The van der Waals surface area contributed by atoms with Crippen LogP contribution in [0.2, 0.25) is 0 Å². The molecule has 0 aliphatic heterocycles. The molecule has 1 aromatic rings. The van der Waals surface area contributed by atoms with Gasteiger partial charge in [0.25, 0.3) is 0 Å². The van der Waals surface area contributed by atoms with Crippen LogP contribution in [0.5, 0.6) is 0 Å². The van der Waals surface area contributed by atoms with Gasteiger partial charge in [0, 0.05) is 5.69 Å². The number of alkyl halides is 3. The summed E-state index contributed by atoms with van der Waals surface area (Å²) in [6.45, 7) is 1.73. The van der Waals surface area contributed by atoms with Gasteiger partial charge >= 0.3 is 12.1 Å². The van der Waals surface area contributed by atoms with Crippen molar-refractivity contribution in [2.45, 2.75) is 13.1 Å². The third-order valence-corrected chi connectivity index (χ3v) is 1.53. The predicted octanol–water partition coefficient (Wildman–Crippen LogP) is 2.50. The van der Waals surface area contributed by atoms with Gasteiger partial charge in [0.15, 0.2) is 0 Å². The molecule has 1 aromatic carbocycles. The van der Waals surface area contributed by atoms with Gasteiger partial charge in [-0.15, -0.1) is 0 Å². The van der Waals surface area contributed by atoms with Crippen molar-refractivity contribution in [3.63, 3.8) is 0 Å². The molecule has 2 nitrogen and oxygen atoms in total. The molecular formula is C9H8F3NO. The molecule has 0 bridgehead atoms. The van der Waals surface area contributed by atoms with E-state index in [4.69, 9.17) is 0 Å². The molecule has 5 heteroatoms. The first kappa shape index (κ1) is 10.6. The van der Waals surface area contributed by atoms with Gasteiger partial charge in [0.05, 0.1) is 0 Å². The maximum atomic E-state index is 11.8. The molecule has 0 saturated heterocycles. The van der Waals surface area contributed by atoms with E-state index in [1.807, 2.05) is 0 Å². The van der Waals surface area contributed by atoms with Gasteiger partial charge in [0.1, 0.15) is 0 Å². The lowest BCUT2D eigenvalue weighted by atomic mass is 10.2. The Balaban J connectivity index is 2.75. The van der Waals surface area contributed by atoms with Gasteiger partial charge in [-0.25, -0.2) is 0 Å². The van der Waals surface area contributed by atoms with Crippen molar-refractivity contribution < 1.29 is 18.0 Å². The van der Waals surface area contributed by atoms with E-state index in [9.17, 15) is 18.0 Å². The predicted molar refractivity (Wildman–Crippen MR) is 45.9 cm³/mol. The van der Waals surface area contributed by atoms with Crippen LogP contribution >= 0.6 is 0 Å². The minimum absolute atomic E-state index is 0.146. The summed E-state index contributed by atoms with van der Waals surface area (Å²) >= 11 is 0. The number of hydrogen-bond donors (Lipinski definition) is 1. The van der Waals surface area contributed by atoms with Gasteiger partial charge in [0.2, 0.25) is 0 Å². The summed E-state index contributed by atoms with van der Waals surface area (Å²) in [6, 6.07) is 6.16. The normalized spacial score (nSPS) is 11.1. The first-order valence-electron chi connectivity index (χ1n) is 3.84. The molecule has 0 saturated carbocycles. The quantitative estimate of drug-likeness (QED) is 0.746. The number of anilines is 1. The molecule has 0 fully saturated rings. The van der Waals surface area contributed by atoms with Crippen molar-refractivity contribution in [2.75, 3.05) is 5.32 Å². The van der Waals surface area contributed by atoms with E-state index >= 15 is 0 Å². The molecule has 0 spiro atoms. The fourth-order valence-corrected chi connectivity index (χ4v) is 0.925. The van der Waals surface area contributed by atoms with Crippen LogP contribution in [0.3, 0.4) is 0 Å². The molecule has 0 aromatic heterocycles. The number of carbonyl (C=O) groups is 1. The Labute approximate surface area is 78.7 Å². The van der Waals surface area contributed by atoms with Crippen LogP contribution < -0.4 is 5.32 Å². The minimum Gasteiger partial charge on any atom is -0.318 e. The average molecular weight is 203 g/mol.